The van der Waals surface area contributed by atoms with Gasteiger partial charge in [0.1, 0.15) is 0 Å². The van der Waals surface area contributed by atoms with Crippen LogP contribution in [0.4, 0.5) is 24.5 Å². The summed E-state index contributed by atoms with van der Waals surface area (Å²) in [6, 6.07) is 16.9. The van der Waals surface area contributed by atoms with Crippen molar-refractivity contribution >= 4 is 23.4 Å². The highest BCUT2D eigenvalue weighted by Crippen LogP contribution is 2.29. The fourth-order valence-corrected chi connectivity index (χ4v) is 5.33. The number of likely N-dealkylation sites (tertiary alicyclic amines) is 1. The van der Waals surface area contributed by atoms with E-state index in [-0.39, 0.29) is 11.9 Å². The van der Waals surface area contributed by atoms with E-state index < -0.39 is 11.7 Å². The zero-order valence-corrected chi connectivity index (χ0v) is 24.3. The van der Waals surface area contributed by atoms with Crippen molar-refractivity contribution in [3.8, 4) is 0 Å². The number of halogens is 3. The molecular formula is C33H35F3N6O. The SMILES string of the molecule is CN(c1ccncc1)c1ccc(CN(C(=O)/C=C/c2ccc(C(F)(F)F)cc2)C2CCN(Cc3cncn3C)CC2)cc1. The molecule has 1 amide bonds. The number of aromatic nitrogens is 3. The van der Waals surface area contributed by atoms with Crippen molar-refractivity contribution in [1.29, 1.82) is 0 Å². The number of nitrogens with zero attached hydrogens (tertiary/aromatic N) is 6. The molecule has 0 radical (unpaired) electrons. The van der Waals surface area contributed by atoms with Crippen LogP contribution in [-0.4, -0.2) is 56.4 Å². The standard InChI is InChI=1S/C33H35F3N6O/c1-39-24-38-21-31(39)23-41-19-15-30(16-20-41)42(32(43)12-7-25-3-8-27(9-4-25)33(34,35)36)22-26-5-10-28(11-6-26)40(2)29-13-17-37-18-14-29/h3-14,17-18,21,24,30H,15-16,19-20,22-23H2,1-2H3/b12-7+. The summed E-state index contributed by atoms with van der Waals surface area (Å²) in [5.41, 5.74) is 4.00. The number of benzene rings is 2. The lowest BCUT2D eigenvalue weighted by molar-refractivity contribution is -0.137. The number of anilines is 2. The molecule has 1 fully saturated rings. The van der Waals surface area contributed by atoms with Crippen molar-refractivity contribution in [2.75, 3.05) is 25.0 Å². The summed E-state index contributed by atoms with van der Waals surface area (Å²) in [6.45, 7) is 2.93. The van der Waals surface area contributed by atoms with Crippen molar-refractivity contribution in [3.63, 3.8) is 0 Å². The number of hydrogen-bond acceptors (Lipinski definition) is 5. The predicted octanol–water partition coefficient (Wildman–Crippen LogP) is 6.31. The number of amides is 1. The maximum atomic E-state index is 13.6. The molecule has 0 aliphatic carbocycles. The number of rotatable bonds is 9. The summed E-state index contributed by atoms with van der Waals surface area (Å²) in [7, 11) is 3.98. The Morgan fingerprint density at radius 1 is 0.953 bits per heavy atom. The van der Waals surface area contributed by atoms with E-state index in [1.807, 2.05) is 66.2 Å². The molecule has 43 heavy (non-hydrogen) atoms. The number of imidazole rings is 1. The van der Waals surface area contributed by atoms with Gasteiger partial charge < -0.3 is 14.4 Å². The van der Waals surface area contributed by atoms with Gasteiger partial charge in [-0.1, -0.05) is 24.3 Å². The quantitative estimate of drug-likeness (QED) is 0.215. The van der Waals surface area contributed by atoms with Crippen molar-refractivity contribution in [2.24, 2.45) is 7.05 Å². The first-order valence-electron chi connectivity index (χ1n) is 14.2. The average molecular weight is 589 g/mol. The van der Waals surface area contributed by atoms with Gasteiger partial charge in [0.2, 0.25) is 5.91 Å². The Kier molecular flexibility index (Phi) is 9.25. The van der Waals surface area contributed by atoms with Crippen LogP contribution in [0.3, 0.4) is 0 Å². The highest BCUT2D eigenvalue weighted by atomic mass is 19.4. The van der Waals surface area contributed by atoms with Crippen LogP contribution in [0.15, 0.2) is 91.7 Å². The minimum Gasteiger partial charge on any atom is -0.345 e. The van der Waals surface area contributed by atoms with Crippen LogP contribution in [0.5, 0.6) is 0 Å². The van der Waals surface area contributed by atoms with E-state index in [1.165, 1.54) is 18.2 Å². The molecule has 0 atom stereocenters. The fourth-order valence-electron chi connectivity index (χ4n) is 5.33. The molecule has 1 aliphatic rings. The third-order valence-corrected chi connectivity index (χ3v) is 7.97. The van der Waals surface area contributed by atoms with Gasteiger partial charge >= 0.3 is 6.18 Å². The Morgan fingerprint density at radius 2 is 1.60 bits per heavy atom. The van der Waals surface area contributed by atoms with E-state index in [0.29, 0.717) is 12.1 Å². The maximum Gasteiger partial charge on any atom is 0.416 e. The molecule has 0 saturated carbocycles. The molecule has 2 aromatic carbocycles. The van der Waals surface area contributed by atoms with Crippen molar-refractivity contribution in [3.05, 3.63) is 114 Å². The van der Waals surface area contributed by atoms with Gasteiger partial charge in [-0.05, 0) is 66.4 Å². The molecule has 1 saturated heterocycles. The second-order valence-corrected chi connectivity index (χ2v) is 10.9. The van der Waals surface area contributed by atoms with Crippen molar-refractivity contribution in [2.45, 2.75) is 38.1 Å². The smallest absolute Gasteiger partial charge is 0.345 e. The normalized spacial score (nSPS) is 14.7. The summed E-state index contributed by atoms with van der Waals surface area (Å²) < 4.78 is 40.9. The van der Waals surface area contributed by atoms with Gasteiger partial charge in [-0.2, -0.15) is 13.2 Å². The molecule has 10 heteroatoms. The second kappa shape index (κ2) is 13.2. The van der Waals surface area contributed by atoms with Crippen LogP contribution in [0, 0.1) is 0 Å². The first kappa shape index (κ1) is 30.0. The fraction of sp³-hybridized carbons (Fsp3) is 0.303. The molecule has 0 unspecified atom stereocenters. The van der Waals surface area contributed by atoms with E-state index in [0.717, 1.165) is 67.2 Å². The Hall–Kier alpha value is -4.44. The maximum absolute atomic E-state index is 13.6. The number of carbonyl (C=O) groups excluding carboxylic acids is 1. The first-order valence-corrected chi connectivity index (χ1v) is 14.2. The molecule has 1 aliphatic heterocycles. The van der Waals surface area contributed by atoms with Crippen LogP contribution in [0.2, 0.25) is 0 Å². The van der Waals surface area contributed by atoms with E-state index in [1.54, 1.807) is 24.8 Å². The zero-order valence-electron chi connectivity index (χ0n) is 24.3. The predicted molar refractivity (Wildman–Crippen MR) is 161 cm³/mol. The topological polar surface area (TPSA) is 57.5 Å². The molecule has 7 nitrogen and oxygen atoms in total. The highest BCUT2D eigenvalue weighted by molar-refractivity contribution is 5.92. The monoisotopic (exact) mass is 588 g/mol. The lowest BCUT2D eigenvalue weighted by atomic mass is 10.0. The Morgan fingerprint density at radius 3 is 2.21 bits per heavy atom. The van der Waals surface area contributed by atoms with Crippen LogP contribution in [0.1, 0.15) is 35.2 Å². The molecule has 4 aromatic rings. The summed E-state index contributed by atoms with van der Waals surface area (Å²) >= 11 is 0. The number of pyridine rings is 1. The second-order valence-electron chi connectivity index (χ2n) is 10.9. The van der Waals surface area contributed by atoms with Crippen molar-refractivity contribution < 1.29 is 18.0 Å². The van der Waals surface area contributed by atoms with Crippen LogP contribution >= 0.6 is 0 Å². The minimum atomic E-state index is -4.40. The number of carbonyl (C=O) groups is 1. The molecule has 0 N–H and O–H groups in total. The van der Waals surface area contributed by atoms with Crippen LogP contribution in [0.25, 0.3) is 6.08 Å². The minimum absolute atomic E-state index is 0.0340. The summed E-state index contributed by atoms with van der Waals surface area (Å²) in [4.78, 5) is 28.2. The molecule has 2 aromatic heterocycles. The Balaban J connectivity index is 1.30. The zero-order chi connectivity index (χ0) is 30.4. The first-order chi connectivity index (χ1) is 20.7. The van der Waals surface area contributed by atoms with Crippen LogP contribution < -0.4 is 4.90 Å². The number of alkyl halides is 3. The lowest BCUT2D eigenvalue weighted by Crippen LogP contribution is -2.46. The third-order valence-electron chi connectivity index (χ3n) is 7.97. The van der Waals surface area contributed by atoms with Gasteiger partial charge in [0.15, 0.2) is 0 Å². The Labute approximate surface area is 249 Å². The van der Waals surface area contributed by atoms with E-state index in [4.69, 9.17) is 0 Å². The lowest BCUT2D eigenvalue weighted by Gasteiger charge is -2.38. The highest BCUT2D eigenvalue weighted by Gasteiger charge is 2.30. The summed E-state index contributed by atoms with van der Waals surface area (Å²) in [6.07, 6.45) is 7.48. The largest absolute Gasteiger partial charge is 0.416 e. The third kappa shape index (κ3) is 7.70. The van der Waals surface area contributed by atoms with Gasteiger partial charge in [0.25, 0.3) is 0 Å². The van der Waals surface area contributed by atoms with Gasteiger partial charge in [-0.15, -0.1) is 0 Å². The van der Waals surface area contributed by atoms with Gasteiger partial charge in [0, 0.05) is 82.4 Å². The van der Waals surface area contributed by atoms with Gasteiger partial charge in [-0.3, -0.25) is 14.7 Å². The van der Waals surface area contributed by atoms with E-state index in [9.17, 15) is 18.0 Å². The van der Waals surface area contributed by atoms with Crippen molar-refractivity contribution in [1.82, 2.24) is 24.3 Å². The van der Waals surface area contributed by atoms with E-state index >= 15 is 0 Å². The molecule has 3 heterocycles. The summed E-state index contributed by atoms with van der Waals surface area (Å²) in [5.74, 6) is -0.164. The molecule has 224 valence electrons. The number of hydrogen-bond donors (Lipinski definition) is 0. The molecular weight excluding hydrogens is 553 g/mol. The number of piperidine rings is 1. The molecule has 5 rings (SSSR count). The number of aryl methyl sites for hydroxylation is 1. The molecule has 0 spiro atoms. The Bertz CT molecular complexity index is 1510. The average Bonchev–Trinajstić information content (AvgIpc) is 3.43. The summed E-state index contributed by atoms with van der Waals surface area (Å²) in [5, 5.41) is 0. The van der Waals surface area contributed by atoms with Gasteiger partial charge in [-0.25, -0.2) is 4.98 Å². The van der Waals surface area contributed by atoms with Crippen LogP contribution in [-0.2, 0) is 31.1 Å². The molecule has 0 bridgehead atoms. The van der Waals surface area contributed by atoms with E-state index in [2.05, 4.69) is 19.8 Å². The van der Waals surface area contributed by atoms with Gasteiger partial charge in [0.05, 0.1) is 17.6 Å².